The van der Waals surface area contributed by atoms with Gasteiger partial charge in [0.05, 0.1) is 33.4 Å². The number of rotatable bonds is 6. The molecule has 1 saturated heterocycles. The lowest BCUT2D eigenvalue weighted by atomic mass is 10.0. The molecule has 2 amide bonds. The number of nitrogens with zero attached hydrogens (tertiary/aromatic N) is 4. The van der Waals surface area contributed by atoms with E-state index in [4.69, 9.17) is 4.98 Å². The number of hydrogen-bond acceptors (Lipinski definition) is 5. The van der Waals surface area contributed by atoms with Crippen molar-refractivity contribution < 1.29 is 14.7 Å². The van der Waals surface area contributed by atoms with Gasteiger partial charge in [-0.05, 0) is 57.6 Å². The monoisotopic (exact) mass is 476 g/mol. The molecule has 0 bridgehead atoms. The molecule has 3 heterocycles. The van der Waals surface area contributed by atoms with Gasteiger partial charge in [-0.15, -0.1) is 0 Å². The molecule has 9 heteroatoms. The number of carbonyl (C=O) groups excluding carboxylic acids is 1. The highest BCUT2D eigenvalue weighted by Crippen LogP contribution is 2.39. The van der Waals surface area contributed by atoms with E-state index in [-0.39, 0.29) is 11.9 Å². The van der Waals surface area contributed by atoms with Crippen LogP contribution < -0.4 is 10.2 Å². The zero-order valence-corrected chi connectivity index (χ0v) is 20.6. The van der Waals surface area contributed by atoms with Crippen LogP contribution in [0.2, 0.25) is 0 Å². The third-order valence-electron chi connectivity index (χ3n) is 7.55. The van der Waals surface area contributed by atoms with Crippen LogP contribution in [0.5, 0.6) is 0 Å². The Bertz CT molecular complexity index is 1300. The molecule has 3 aromatic rings. The summed E-state index contributed by atoms with van der Waals surface area (Å²) in [5.74, 6) is 1.10. The Labute approximate surface area is 204 Å². The first-order valence-electron chi connectivity index (χ1n) is 12.1. The number of nitrogens with one attached hydrogen (secondary N) is 2. The van der Waals surface area contributed by atoms with Gasteiger partial charge in [-0.3, -0.25) is 9.78 Å². The standard InChI is InChI=1S/C26H32N6O3/c1-15-6-5-7-20-21(15)29-23(28-20)18-12-27-13-19(24(33)31(4)16(2)17-8-9-17)22(18)32-11-10-26(3,14-32)30-25(34)35/h5-7,12-13,16-17,30H,8-11,14H2,1-4H3,(H,28,29)(H,34,35)/t16-,26?/m0/s1. The van der Waals surface area contributed by atoms with Gasteiger partial charge in [0, 0.05) is 38.6 Å². The first kappa shape index (κ1) is 23.1. The Morgan fingerprint density at radius 3 is 2.77 bits per heavy atom. The van der Waals surface area contributed by atoms with E-state index >= 15 is 0 Å². The van der Waals surface area contributed by atoms with Crippen LogP contribution in [0, 0.1) is 12.8 Å². The smallest absolute Gasteiger partial charge is 0.405 e. The van der Waals surface area contributed by atoms with Gasteiger partial charge in [0.1, 0.15) is 5.82 Å². The minimum absolute atomic E-state index is 0.0826. The number of amides is 2. The second-order valence-corrected chi connectivity index (χ2v) is 10.3. The maximum Gasteiger partial charge on any atom is 0.405 e. The fraction of sp³-hybridized carbons (Fsp3) is 0.462. The minimum Gasteiger partial charge on any atom is -0.465 e. The van der Waals surface area contributed by atoms with Crippen LogP contribution in [0.3, 0.4) is 0 Å². The number of fused-ring (bicyclic) bond motifs is 1. The molecule has 2 aliphatic rings. The molecule has 2 fully saturated rings. The Hall–Kier alpha value is -3.62. The lowest BCUT2D eigenvalue weighted by molar-refractivity contribution is 0.0727. The number of benzene rings is 1. The zero-order chi connectivity index (χ0) is 24.9. The molecule has 1 saturated carbocycles. The Morgan fingerprint density at radius 2 is 2.09 bits per heavy atom. The van der Waals surface area contributed by atoms with Gasteiger partial charge in [-0.25, -0.2) is 9.78 Å². The molecule has 0 spiro atoms. The highest BCUT2D eigenvalue weighted by Gasteiger charge is 2.39. The van der Waals surface area contributed by atoms with Gasteiger partial charge < -0.3 is 25.2 Å². The van der Waals surface area contributed by atoms with Crippen LogP contribution >= 0.6 is 0 Å². The topological polar surface area (TPSA) is 114 Å². The molecule has 1 unspecified atom stereocenters. The number of aromatic amines is 1. The van der Waals surface area contributed by atoms with E-state index in [0.29, 0.717) is 36.8 Å². The Morgan fingerprint density at radius 1 is 1.31 bits per heavy atom. The minimum atomic E-state index is -1.05. The maximum atomic E-state index is 13.8. The Balaban J connectivity index is 1.61. The number of pyridine rings is 1. The number of carboxylic acid groups (broad SMARTS) is 1. The summed E-state index contributed by atoms with van der Waals surface area (Å²) in [4.78, 5) is 41.8. The van der Waals surface area contributed by atoms with Gasteiger partial charge in [0.2, 0.25) is 0 Å². The van der Waals surface area contributed by atoms with Crippen molar-refractivity contribution in [3.05, 3.63) is 41.7 Å². The molecule has 2 atom stereocenters. The molecular formula is C26H32N6O3. The van der Waals surface area contributed by atoms with E-state index in [1.807, 2.05) is 44.0 Å². The zero-order valence-electron chi connectivity index (χ0n) is 20.6. The third-order valence-corrected chi connectivity index (χ3v) is 7.55. The summed E-state index contributed by atoms with van der Waals surface area (Å²) in [6.07, 6.45) is 5.24. The molecule has 1 aliphatic carbocycles. The van der Waals surface area contributed by atoms with Crippen LogP contribution in [-0.2, 0) is 0 Å². The molecule has 9 nitrogen and oxygen atoms in total. The highest BCUT2D eigenvalue weighted by molar-refractivity contribution is 6.03. The maximum absolute atomic E-state index is 13.8. The first-order valence-corrected chi connectivity index (χ1v) is 12.1. The second-order valence-electron chi connectivity index (χ2n) is 10.3. The summed E-state index contributed by atoms with van der Waals surface area (Å²) in [6, 6.07) is 6.13. The van der Waals surface area contributed by atoms with Crippen molar-refractivity contribution in [1.29, 1.82) is 0 Å². The number of hydrogen-bond donors (Lipinski definition) is 3. The van der Waals surface area contributed by atoms with Gasteiger partial charge in [-0.1, -0.05) is 12.1 Å². The number of aromatic nitrogens is 3. The predicted octanol–water partition coefficient (Wildman–Crippen LogP) is 4.04. The van der Waals surface area contributed by atoms with Gasteiger partial charge in [-0.2, -0.15) is 0 Å². The molecule has 1 aliphatic heterocycles. The summed E-state index contributed by atoms with van der Waals surface area (Å²) in [5, 5.41) is 12.0. The molecule has 0 radical (unpaired) electrons. The molecule has 1 aromatic carbocycles. The van der Waals surface area contributed by atoms with E-state index in [0.717, 1.165) is 40.7 Å². The van der Waals surface area contributed by atoms with E-state index in [2.05, 4.69) is 27.1 Å². The van der Waals surface area contributed by atoms with E-state index in [1.165, 1.54) is 0 Å². The van der Waals surface area contributed by atoms with E-state index in [9.17, 15) is 14.7 Å². The molecule has 184 valence electrons. The number of imidazole rings is 1. The van der Waals surface area contributed by atoms with Crippen LogP contribution in [-0.4, -0.2) is 68.7 Å². The summed E-state index contributed by atoms with van der Waals surface area (Å²) < 4.78 is 0. The Kier molecular flexibility index (Phi) is 5.65. The summed E-state index contributed by atoms with van der Waals surface area (Å²) >= 11 is 0. The van der Waals surface area contributed by atoms with Gasteiger partial charge >= 0.3 is 6.09 Å². The second kappa shape index (κ2) is 8.55. The lowest BCUT2D eigenvalue weighted by Crippen LogP contribution is -2.47. The number of aryl methyl sites for hydroxylation is 1. The van der Waals surface area contributed by atoms with Crippen LogP contribution in [0.15, 0.2) is 30.6 Å². The molecule has 5 rings (SSSR count). The summed E-state index contributed by atoms with van der Waals surface area (Å²) in [7, 11) is 1.85. The first-order chi connectivity index (χ1) is 16.7. The number of para-hydroxylation sites is 1. The number of H-pyrrole nitrogens is 1. The van der Waals surface area contributed by atoms with Crippen molar-refractivity contribution in [3.63, 3.8) is 0 Å². The van der Waals surface area contributed by atoms with E-state index < -0.39 is 11.6 Å². The molecular weight excluding hydrogens is 444 g/mol. The van der Waals surface area contributed by atoms with Crippen molar-refractivity contribution in [2.24, 2.45) is 5.92 Å². The largest absolute Gasteiger partial charge is 0.465 e. The molecule has 35 heavy (non-hydrogen) atoms. The van der Waals surface area contributed by atoms with Crippen molar-refractivity contribution in [2.45, 2.75) is 51.6 Å². The number of carbonyl (C=O) groups is 2. The molecule has 2 aromatic heterocycles. The SMILES string of the molecule is Cc1cccc2[nH]c(-c3cncc(C(=O)N(C)[C@@H](C)C4CC4)c3N3CCC(C)(NC(=O)O)C3)nc12. The van der Waals surface area contributed by atoms with Crippen molar-refractivity contribution >= 4 is 28.7 Å². The summed E-state index contributed by atoms with van der Waals surface area (Å²) in [6.45, 7) is 7.06. The highest BCUT2D eigenvalue weighted by atomic mass is 16.4. The van der Waals surface area contributed by atoms with Gasteiger partial charge in [0.25, 0.3) is 5.91 Å². The molecule has 3 N–H and O–H groups in total. The average molecular weight is 477 g/mol. The van der Waals surface area contributed by atoms with Crippen molar-refractivity contribution in [2.75, 3.05) is 25.0 Å². The average Bonchev–Trinajstić information content (AvgIpc) is 3.46. The van der Waals surface area contributed by atoms with E-state index in [1.54, 1.807) is 12.4 Å². The third kappa shape index (κ3) is 4.31. The normalized spacial score (nSPS) is 20.7. The fourth-order valence-electron chi connectivity index (χ4n) is 5.21. The van der Waals surface area contributed by atoms with Gasteiger partial charge in [0.15, 0.2) is 0 Å². The van der Waals surface area contributed by atoms with Crippen LogP contribution in [0.25, 0.3) is 22.4 Å². The van der Waals surface area contributed by atoms with Crippen LogP contribution in [0.4, 0.5) is 10.5 Å². The number of anilines is 1. The lowest BCUT2D eigenvalue weighted by Gasteiger charge is -2.30. The predicted molar refractivity (Wildman–Crippen MR) is 135 cm³/mol. The van der Waals surface area contributed by atoms with Crippen LogP contribution in [0.1, 0.15) is 49.0 Å². The quantitative estimate of drug-likeness (QED) is 0.495. The van der Waals surface area contributed by atoms with Crippen molar-refractivity contribution in [1.82, 2.24) is 25.2 Å². The fourth-order valence-corrected chi connectivity index (χ4v) is 5.21. The summed E-state index contributed by atoms with van der Waals surface area (Å²) in [5.41, 5.74) is 4.22. The van der Waals surface area contributed by atoms with Crippen molar-refractivity contribution in [3.8, 4) is 11.4 Å².